The summed E-state index contributed by atoms with van der Waals surface area (Å²) in [7, 11) is 0. The van der Waals surface area contributed by atoms with Crippen LogP contribution in [0, 0.1) is 5.92 Å². The van der Waals surface area contributed by atoms with Gasteiger partial charge in [-0.3, -0.25) is 9.67 Å². The van der Waals surface area contributed by atoms with Gasteiger partial charge in [-0.25, -0.2) is 0 Å². The fourth-order valence-corrected chi connectivity index (χ4v) is 3.08. The van der Waals surface area contributed by atoms with E-state index in [1.807, 2.05) is 18.3 Å². The standard InChI is InChI=1S/C16H20N4/c17-9-11-7-13(8-11)20-10-14(15-3-1-2-6-18-15)16(19-20)12-4-5-12/h1-3,6,10-13H,4-5,7-9,17H2. The van der Waals surface area contributed by atoms with Crippen LogP contribution in [0.5, 0.6) is 0 Å². The predicted octanol–water partition coefficient (Wildman–Crippen LogP) is 2.73. The maximum absolute atomic E-state index is 5.72. The second-order valence-electron chi connectivity index (χ2n) is 6.12. The normalized spacial score (nSPS) is 25.4. The molecule has 2 fully saturated rings. The van der Waals surface area contributed by atoms with Crippen molar-refractivity contribution in [1.29, 1.82) is 0 Å². The summed E-state index contributed by atoms with van der Waals surface area (Å²) in [6.45, 7) is 0.806. The van der Waals surface area contributed by atoms with Crippen LogP contribution < -0.4 is 5.73 Å². The molecule has 2 aromatic heterocycles. The molecule has 2 aliphatic rings. The molecular weight excluding hydrogens is 248 g/mol. The average molecular weight is 268 g/mol. The lowest BCUT2D eigenvalue weighted by Gasteiger charge is -2.34. The van der Waals surface area contributed by atoms with E-state index in [2.05, 4.69) is 21.9 Å². The number of hydrogen-bond acceptors (Lipinski definition) is 3. The summed E-state index contributed by atoms with van der Waals surface area (Å²) >= 11 is 0. The maximum Gasteiger partial charge on any atom is 0.0749 e. The van der Waals surface area contributed by atoms with Gasteiger partial charge in [0.1, 0.15) is 0 Å². The summed E-state index contributed by atoms with van der Waals surface area (Å²) < 4.78 is 2.17. The van der Waals surface area contributed by atoms with Gasteiger partial charge in [-0.15, -0.1) is 0 Å². The van der Waals surface area contributed by atoms with Gasteiger partial charge < -0.3 is 5.73 Å². The Bertz CT molecular complexity index is 594. The third-order valence-electron chi connectivity index (χ3n) is 4.58. The van der Waals surface area contributed by atoms with Crippen LogP contribution in [-0.4, -0.2) is 21.3 Å². The summed E-state index contributed by atoms with van der Waals surface area (Å²) in [5.41, 5.74) is 9.25. The molecule has 2 aliphatic carbocycles. The number of rotatable bonds is 4. The van der Waals surface area contributed by atoms with E-state index in [0.717, 1.165) is 12.2 Å². The Morgan fingerprint density at radius 1 is 1.25 bits per heavy atom. The lowest BCUT2D eigenvalue weighted by Crippen LogP contribution is -2.32. The Morgan fingerprint density at radius 3 is 2.75 bits per heavy atom. The quantitative estimate of drug-likeness (QED) is 0.927. The molecule has 0 aromatic carbocycles. The van der Waals surface area contributed by atoms with Gasteiger partial charge in [0.15, 0.2) is 0 Å². The van der Waals surface area contributed by atoms with E-state index in [1.54, 1.807) is 0 Å². The molecule has 4 heteroatoms. The minimum Gasteiger partial charge on any atom is -0.330 e. The van der Waals surface area contributed by atoms with Gasteiger partial charge in [0.05, 0.1) is 17.4 Å². The highest BCUT2D eigenvalue weighted by Crippen LogP contribution is 2.45. The lowest BCUT2D eigenvalue weighted by molar-refractivity contribution is 0.189. The van der Waals surface area contributed by atoms with Gasteiger partial charge >= 0.3 is 0 Å². The highest BCUT2D eigenvalue weighted by atomic mass is 15.3. The number of nitrogens with two attached hydrogens (primary N) is 1. The molecule has 2 saturated carbocycles. The summed E-state index contributed by atoms with van der Waals surface area (Å²) in [5, 5.41) is 4.88. The molecule has 0 aliphatic heterocycles. The first-order valence-electron chi connectivity index (χ1n) is 7.55. The maximum atomic E-state index is 5.72. The first kappa shape index (κ1) is 12.1. The van der Waals surface area contributed by atoms with Crippen LogP contribution in [0.1, 0.15) is 43.3 Å². The molecule has 2 N–H and O–H groups in total. The Morgan fingerprint density at radius 2 is 2.10 bits per heavy atom. The number of pyridine rings is 1. The zero-order valence-corrected chi connectivity index (χ0v) is 11.6. The molecule has 20 heavy (non-hydrogen) atoms. The van der Waals surface area contributed by atoms with Gasteiger partial charge in [0.25, 0.3) is 0 Å². The van der Waals surface area contributed by atoms with Crippen molar-refractivity contribution in [3.05, 3.63) is 36.3 Å². The highest BCUT2D eigenvalue weighted by molar-refractivity contribution is 5.62. The third kappa shape index (κ3) is 2.04. The molecule has 4 rings (SSSR count). The van der Waals surface area contributed by atoms with Gasteiger partial charge in [0.2, 0.25) is 0 Å². The first-order chi connectivity index (χ1) is 9.85. The highest BCUT2D eigenvalue weighted by Gasteiger charge is 2.34. The predicted molar refractivity (Wildman–Crippen MR) is 78.2 cm³/mol. The van der Waals surface area contributed by atoms with E-state index in [4.69, 9.17) is 10.8 Å². The minimum absolute atomic E-state index is 0.540. The van der Waals surface area contributed by atoms with Crippen molar-refractivity contribution in [2.24, 2.45) is 11.7 Å². The number of nitrogens with zero attached hydrogens (tertiary/aromatic N) is 3. The minimum atomic E-state index is 0.540. The molecule has 2 aromatic rings. The molecule has 4 nitrogen and oxygen atoms in total. The van der Waals surface area contributed by atoms with Crippen molar-refractivity contribution in [3.63, 3.8) is 0 Å². The van der Waals surface area contributed by atoms with E-state index < -0.39 is 0 Å². The van der Waals surface area contributed by atoms with Crippen molar-refractivity contribution in [3.8, 4) is 11.3 Å². The Hall–Kier alpha value is -1.68. The molecule has 0 amide bonds. The zero-order valence-electron chi connectivity index (χ0n) is 11.6. The van der Waals surface area contributed by atoms with Gasteiger partial charge in [0, 0.05) is 23.9 Å². The van der Waals surface area contributed by atoms with Crippen LogP contribution in [0.2, 0.25) is 0 Å². The van der Waals surface area contributed by atoms with E-state index in [9.17, 15) is 0 Å². The summed E-state index contributed by atoms with van der Waals surface area (Å²) in [6.07, 6.45) is 8.94. The van der Waals surface area contributed by atoms with Crippen LogP contribution in [0.25, 0.3) is 11.3 Å². The monoisotopic (exact) mass is 268 g/mol. The number of aromatic nitrogens is 3. The second kappa shape index (κ2) is 4.70. The molecule has 0 bridgehead atoms. The molecule has 0 spiro atoms. The van der Waals surface area contributed by atoms with Crippen LogP contribution >= 0.6 is 0 Å². The molecule has 0 atom stereocenters. The Labute approximate surface area is 119 Å². The van der Waals surface area contributed by atoms with Crippen LogP contribution in [0.15, 0.2) is 30.6 Å². The largest absolute Gasteiger partial charge is 0.330 e. The van der Waals surface area contributed by atoms with Crippen molar-refractivity contribution in [1.82, 2.24) is 14.8 Å². The second-order valence-corrected chi connectivity index (χ2v) is 6.12. The molecule has 0 radical (unpaired) electrons. The van der Waals surface area contributed by atoms with E-state index >= 15 is 0 Å². The van der Waals surface area contributed by atoms with E-state index in [1.165, 1.54) is 36.9 Å². The molecule has 0 saturated heterocycles. The van der Waals surface area contributed by atoms with Crippen molar-refractivity contribution < 1.29 is 0 Å². The van der Waals surface area contributed by atoms with E-state index in [0.29, 0.717) is 17.9 Å². The fraction of sp³-hybridized carbons (Fsp3) is 0.500. The Kier molecular flexibility index (Phi) is 2.84. The fourth-order valence-electron chi connectivity index (χ4n) is 3.08. The van der Waals surface area contributed by atoms with Crippen LogP contribution in [0.3, 0.4) is 0 Å². The topological polar surface area (TPSA) is 56.7 Å². The van der Waals surface area contributed by atoms with Crippen molar-refractivity contribution in [2.75, 3.05) is 6.54 Å². The molecule has 104 valence electrons. The summed E-state index contributed by atoms with van der Waals surface area (Å²) in [4.78, 5) is 4.49. The lowest BCUT2D eigenvalue weighted by atomic mass is 9.80. The van der Waals surface area contributed by atoms with Crippen LogP contribution in [-0.2, 0) is 0 Å². The number of hydrogen-bond donors (Lipinski definition) is 1. The van der Waals surface area contributed by atoms with Crippen LogP contribution in [0.4, 0.5) is 0 Å². The molecule has 2 heterocycles. The smallest absolute Gasteiger partial charge is 0.0749 e. The Balaban J connectivity index is 1.66. The molecule has 0 unspecified atom stereocenters. The van der Waals surface area contributed by atoms with Gasteiger partial charge in [-0.1, -0.05) is 6.07 Å². The van der Waals surface area contributed by atoms with Gasteiger partial charge in [-0.05, 0) is 50.3 Å². The van der Waals surface area contributed by atoms with Crippen molar-refractivity contribution >= 4 is 0 Å². The third-order valence-corrected chi connectivity index (χ3v) is 4.58. The SMILES string of the molecule is NCC1CC(n2cc(-c3ccccn3)c(C3CC3)n2)C1. The average Bonchev–Trinajstić information content (AvgIpc) is 3.19. The van der Waals surface area contributed by atoms with Crippen molar-refractivity contribution in [2.45, 2.75) is 37.6 Å². The van der Waals surface area contributed by atoms with Gasteiger partial charge in [-0.2, -0.15) is 5.10 Å². The molecular formula is C16H20N4. The zero-order chi connectivity index (χ0) is 13.5. The first-order valence-corrected chi connectivity index (χ1v) is 7.55. The van der Waals surface area contributed by atoms with E-state index in [-0.39, 0.29) is 0 Å². The summed E-state index contributed by atoms with van der Waals surface area (Å²) in [6, 6.07) is 6.63. The summed E-state index contributed by atoms with van der Waals surface area (Å²) in [5.74, 6) is 1.34.